The summed E-state index contributed by atoms with van der Waals surface area (Å²) in [5.41, 5.74) is 2.19. The van der Waals surface area contributed by atoms with Crippen molar-refractivity contribution in [1.82, 2.24) is 9.97 Å². The number of hydrogen-bond donors (Lipinski definition) is 5. The predicted molar refractivity (Wildman–Crippen MR) is 158 cm³/mol. The Kier molecular flexibility index (Phi) is 8.46. The number of carbonyl (C=O) groups excluding carboxylic acids is 1. The van der Waals surface area contributed by atoms with E-state index in [4.69, 9.17) is 21.1 Å². The Morgan fingerprint density at radius 1 is 0.957 bits per heavy atom. The van der Waals surface area contributed by atoms with Crippen LogP contribution in [0, 0.1) is 11.6 Å². The molecule has 1 saturated heterocycles. The Morgan fingerprint density at radius 3 is 2.37 bits per heavy atom. The number of esters is 1. The molecular weight excluding hydrogens is 630 g/mol. The standard InChI is InChI=1S/C31H23ClF2N4O8/c32-15-6-9-17-18(10-15)23(21-19(33)2-1-3-20(21)34)35-11-14-12-36-31(38-22(14)17)37-16-7-4-13(5-8-16)29(44)46-30-26(41)24(39)25(40)27(45-30)28(42)43/h1-10,12,24-27,30,39-41H,11H2,(H,42,43)(H,36,37,38). The fourth-order valence-corrected chi connectivity index (χ4v) is 5.24. The number of carboxylic acid groups (broad SMARTS) is 1. The Balaban J connectivity index is 1.22. The second-order valence-electron chi connectivity index (χ2n) is 10.4. The van der Waals surface area contributed by atoms with Gasteiger partial charge in [-0.25, -0.2) is 28.3 Å². The highest BCUT2D eigenvalue weighted by Gasteiger charge is 2.48. The first-order valence-corrected chi connectivity index (χ1v) is 14.0. The van der Waals surface area contributed by atoms with Gasteiger partial charge in [0.05, 0.1) is 29.1 Å². The number of anilines is 2. The molecular formula is C31H23ClF2N4O8. The van der Waals surface area contributed by atoms with Crippen molar-refractivity contribution in [3.63, 3.8) is 0 Å². The summed E-state index contributed by atoms with van der Waals surface area (Å²) in [5.74, 6) is -4.02. The maximum Gasteiger partial charge on any atom is 0.340 e. The molecule has 1 aromatic heterocycles. The van der Waals surface area contributed by atoms with Gasteiger partial charge in [-0.15, -0.1) is 0 Å². The van der Waals surface area contributed by atoms with Gasteiger partial charge in [-0.2, -0.15) is 0 Å². The minimum absolute atomic E-state index is 0.00690. The number of halogens is 3. The van der Waals surface area contributed by atoms with Gasteiger partial charge >= 0.3 is 11.9 Å². The van der Waals surface area contributed by atoms with Gasteiger partial charge in [-0.3, -0.25) is 4.99 Å². The highest BCUT2D eigenvalue weighted by molar-refractivity contribution is 6.31. The number of nitrogens with zero attached hydrogens (tertiary/aromatic N) is 3. The molecule has 15 heteroatoms. The van der Waals surface area contributed by atoms with E-state index in [-0.39, 0.29) is 29.3 Å². The van der Waals surface area contributed by atoms with Crippen LogP contribution in [0.1, 0.15) is 27.0 Å². The lowest BCUT2D eigenvalue weighted by Crippen LogP contribution is -2.60. The van der Waals surface area contributed by atoms with Crippen LogP contribution >= 0.6 is 11.6 Å². The summed E-state index contributed by atoms with van der Waals surface area (Å²) in [6, 6.07) is 14.1. The molecule has 5 unspecified atom stereocenters. The third-order valence-corrected chi connectivity index (χ3v) is 7.61. The van der Waals surface area contributed by atoms with Gasteiger partial charge < -0.3 is 35.2 Å². The molecule has 6 rings (SSSR count). The van der Waals surface area contributed by atoms with Gasteiger partial charge in [0.2, 0.25) is 12.2 Å². The molecule has 46 heavy (non-hydrogen) atoms. The number of ether oxygens (including phenoxy) is 2. The first-order valence-electron chi connectivity index (χ1n) is 13.7. The molecule has 0 bridgehead atoms. The van der Waals surface area contributed by atoms with Gasteiger partial charge in [0, 0.05) is 33.6 Å². The van der Waals surface area contributed by atoms with E-state index in [0.717, 1.165) is 12.1 Å². The smallest absolute Gasteiger partial charge is 0.340 e. The van der Waals surface area contributed by atoms with Crippen LogP contribution in [-0.4, -0.2) is 78.8 Å². The minimum Gasteiger partial charge on any atom is -0.479 e. The molecule has 5 N–H and O–H groups in total. The summed E-state index contributed by atoms with van der Waals surface area (Å²) in [6.45, 7) is 0.0322. The quantitative estimate of drug-likeness (QED) is 0.193. The summed E-state index contributed by atoms with van der Waals surface area (Å²) in [5, 5.41) is 42.4. The summed E-state index contributed by atoms with van der Waals surface area (Å²) >= 11 is 6.27. The van der Waals surface area contributed by atoms with Crippen molar-refractivity contribution in [2.75, 3.05) is 5.32 Å². The van der Waals surface area contributed by atoms with Crippen LogP contribution in [-0.2, 0) is 20.8 Å². The van der Waals surface area contributed by atoms with Crippen molar-refractivity contribution in [3.8, 4) is 11.3 Å². The van der Waals surface area contributed by atoms with E-state index < -0.39 is 54.3 Å². The molecule has 236 valence electrons. The largest absolute Gasteiger partial charge is 0.479 e. The number of aromatic nitrogens is 2. The number of aliphatic imine (C=N–C) groups is 1. The summed E-state index contributed by atoms with van der Waals surface area (Å²) in [6.07, 6.45) is -8.00. The van der Waals surface area contributed by atoms with Crippen LogP contribution in [0.2, 0.25) is 5.02 Å². The van der Waals surface area contributed by atoms with Crippen LogP contribution < -0.4 is 5.32 Å². The number of rotatable bonds is 6. The lowest BCUT2D eigenvalue weighted by Gasteiger charge is -2.37. The number of fused-ring (bicyclic) bond motifs is 3. The van der Waals surface area contributed by atoms with Gasteiger partial charge in [0.25, 0.3) is 0 Å². The molecule has 4 aromatic rings. The zero-order chi connectivity index (χ0) is 32.7. The van der Waals surface area contributed by atoms with E-state index in [2.05, 4.69) is 20.3 Å². The molecule has 0 saturated carbocycles. The van der Waals surface area contributed by atoms with E-state index in [1.165, 1.54) is 36.5 Å². The molecule has 3 heterocycles. The van der Waals surface area contributed by atoms with Crippen LogP contribution in [0.4, 0.5) is 20.4 Å². The molecule has 1 fully saturated rings. The zero-order valence-corrected chi connectivity index (χ0v) is 24.1. The Labute approximate surface area is 263 Å². The number of hydrogen-bond acceptors (Lipinski definition) is 11. The maximum absolute atomic E-state index is 14.8. The highest BCUT2D eigenvalue weighted by Crippen LogP contribution is 2.35. The molecule has 3 aromatic carbocycles. The third kappa shape index (κ3) is 5.91. The van der Waals surface area contributed by atoms with E-state index in [0.29, 0.717) is 33.1 Å². The Morgan fingerprint density at radius 2 is 1.67 bits per heavy atom. The molecule has 2 aliphatic heterocycles. The molecule has 5 atom stereocenters. The van der Waals surface area contributed by atoms with Crippen LogP contribution in [0.15, 0.2) is 71.9 Å². The number of carbonyl (C=O) groups is 2. The molecule has 0 aliphatic carbocycles. The van der Waals surface area contributed by atoms with Crippen LogP contribution in [0.5, 0.6) is 0 Å². The second-order valence-corrected chi connectivity index (χ2v) is 10.8. The highest BCUT2D eigenvalue weighted by atomic mass is 35.5. The summed E-state index contributed by atoms with van der Waals surface area (Å²) in [4.78, 5) is 37.5. The van der Waals surface area contributed by atoms with Gasteiger partial charge in [-0.1, -0.05) is 23.7 Å². The number of aliphatic hydroxyl groups is 3. The molecule has 0 radical (unpaired) electrons. The van der Waals surface area contributed by atoms with E-state index >= 15 is 0 Å². The van der Waals surface area contributed by atoms with E-state index in [1.807, 2.05) is 0 Å². The number of aliphatic carboxylic acids is 1. The van der Waals surface area contributed by atoms with Crippen molar-refractivity contribution >= 4 is 40.9 Å². The Hall–Kier alpha value is -4.86. The van der Waals surface area contributed by atoms with E-state index in [1.54, 1.807) is 18.2 Å². The third-order valence-electron chi connectivity index (χ3n) is 7.38. The topological polar surface area (TPSA) is 184 Å². The van der Waals surface area contributed by atoms with E-state index in [9.17, 15) is 38.8 Å². The first-order chi connectivity index (χ1) is 22.0. The van der Waals surface area contributed by atoms with Crippen molar-refractivity contribution < 1.29 is 48.3 Å². The number of aliphatic hydroxyl groups excluding tert-OH is 3. The number of benzene rings is 3. The van der Waals surface area contributed by atoms with Gasteiger partial charge in [0.15, 0.2) is 6.10 Å². The maximum atomic E-state index is 14.8. The van der Waals surface area contributed by atoms with Crippen molar-refractivity contribution in [1.29, 1.82) is 0 Å². The number of carboxylic acids is 1. The normalized spacial score (nSPS) is 22.1. The Bertz CT molecular complexity index is 1860. The molecule has 0 amide bonds. The van der Waals surface area contributed by atoms with Crippen molar-refractivity contribution in [3.05, 3.63) is 106 Å². The van der Waals surface area contributed by atoms with Crippen molar-refractivity contribution in [2.45, 2.75) is 37.3 Å². The van der Waals surface area contributed by atoms with Gasteiger partial charge in [0.1, 0.15) is 29.9 Å². The molecule has 0 spiro atoms. The number of nitrogens with one attached hydrogen (secondary N) is 1. The first kappa shape index (κ1) is 31.1. The lowest BCUT2D eigenvalue weighted by atomic mass is 9.95. The monoisotopic (exact) mass is 652 g/mol. The minimum atomic E-state index is -1.93. The molecule has 2 aliphatic rings. The fourth-order valence-electron chi connectivity index (χ4n) is 5.06. The SMILES string of the molecule is O=C(OC1OC(C(=O)O)C(O)C(O)C1O)c1ccc(Nc2ncc3c(n2)-c2ccc(Cl)cc2C(c2c(F)cccc2F)=NC3)cc1. The average molecular weight is 653 g/mol. The molecule has 12 nitrogen and oxygen atoms in total. The second kappa shape index (κ2) is 12.5. The van der Waals surface area contributed by atoms with Crippen LogP contribution in [0.3, 0.4) is 0 Å². The lowest BCUT2D eigenvalue weighted by molar-refractivity contribution is -0.278. The fraction of sp³-hybridized carbons (Fsp3) is 0.194. The van der Waals surface area contributed by atoms with Crippen LogP contribution in [0.25, 0.3) is 11.3 Å². The zero-order valence-electron chi connectivity index (χ0n) is 23.3. The predicted octanol–water partition coefficient (Wildman–Crippen LogP) is 3.22. The van der Waals surface area contributed by atoms with Crippen molar-refractivity contribution in [2.24, 2.45) is 4.99 Å². The van der Waals surface area contributed by atoms with Gasteiger partial charge in [-0.05, 0) is 48.5 Å². The summed E-state index contributed by atoms with van der Waals surface area (Å²) < 4.78 is 39.7. The summed E-state index contributed by atoms with van der Waals surface area (Å²) in [7, 11) is 0. The average Bonchev–Trinajstić information content (AvgIpc) is 3.18.